The van der Waals surface area contributed by atoms with Gasteiger partial charge in [-0.2, -0.15) is 0 Å². The van der Waals surface area contributed by atoms with Crippen LogP contribution >= 0.6 is 0 Å². The summed E-state index contributed by atoms with van der Waals surface area (Å²) in [4.78, 5) is 7.18. The fourth-order valence-corrected chi connectivity index (χ4v) is 4.85. The molecule has 2 saturated heterocycles. The first-order valence-corrected chi connectivity index (χ1v) is 11.8. The van der Waals surface area contributed by atoms with Crippen molar-refractivity contribution in [3.8, 4) is 11.5 Å². The Morgan fingerprint density at radius 2 is 1.67 bits per heavy atom. The SMILES string of the molecule is COCCOc1cc(CN2CCC(O)(CN3CCN(c4ccccc4)CC3)C2)ccc1OC. The number of para-hydroxylation sites is 1. The van der Waals surface area contributed by atoms with E-state index in [1.807, 2.05) is 12.1 Å². The molecule has 0 spiro atoms. The number of methoxy groups -OCH3 is 2. The number of piperazine rings is 1. The van der Waals surface area contributed by atoms with Crippen LogP contribution in [-0.2, 0) is 11.3 Å². The molecule has 2 fully saturated rings. The molecule has 1 unspecified atom stereocenters. The Balaban J connectivity index is 1.28. The van der Waals surface area contributed by atoms with Crippen molar-refractivity contribution in [2.45, 2.75) is 18.6 Å². The van der Waals surface area contributed by atoms with Crippen LogP contribution in [0.25, 0.3) is 0 Å². The molecule has 2 heterocycles. The maximum absolute atomic E-state index is 11.3. The number of benzene rings is 2. The second-order valence-corrected chi connectivity index (χ2v) is 9.11. The van der Waals surface area contributed by atoms with E-state index in [4.69, 9.17) is 14.2 Å². The van der Waals surface area contributed by atoms with Gasteiger partial charge in [0, 0.05) is 65.2 Å². The van der Waals surface area contributed by atoms with Crippen LogP contribution in [0.4, 0.5) is 5.69 Å². The summed E-state index contributed by atoms with van der Waals surface area (Å²) < 4.78 is 16.3. The summed E-state index contributed by atoms with van der Waals surface area (Å²) >= 11 is 0. The van der Waals surface area contributed by atoms with Crippen LogP contribution in [0.15, 0.2) is 48.5 Å². The van der Waals surface area contributed by atoms with Gasteiger partial charge in [0.25, 0.3) is 0 Å². The van der Waals surface area contributed by atoms with Gasteiger partial charge in [0.05, 0.1) is 19.3 Å². The van der Waals surface area contributed by atoms with E-state index in [2.05, 4.69) is 51.1 Å². The highest BCUT2D eigenvalue weighted by Crippen LogP contribution is 2.30. The standard InChI is InChI=1S/C26H37N3O4/c1-31-16-17-33-25-18-22(8-9-24(25)32-2)19-28-11-10-26(30,21-28)20-27-12-14-29(15-13-27)23-6-4-3-5-7-23/h3-9,18,30H,10-17,19-21H2,1-2H3. The predicted molar refractivity (Wildman–Crippen MR) is 130 cm³/mol. The number of β-amino-alcohol motifs (C(OH)–C–C–N with tert-alkyl or cyclic N) is 1. The number of ether oxygens (including phenoxy) is 3. The topological polar surface area (TPSA) is 57.6 Å². The zero-order valence-electron chi connectivity index (χ0n) is 19.9. The van der Waals surface area contributed by atoms with E-state index in [0.717, 1.165) is 69.3 Å². The maximum atomic E-state index is 11.3. The molecular formula is C26H37N3O4. The van der Waals surface area contributed by atoms with E-state index in [0.29, 0.717) is 19.8 Å². The lowest BCUT2D eigenvalue weighted by molar-refractivity contribution is 0.00978. The lowest BCUT2D eigenvalue weighted by Crippen LogP contribution is -2.52. The van der Waals surface area contributed by atoms with Gasteiger partial charge < -0.3 is 24.2 Å². The fourth-order valence-electron chi connectivity index (χ4n) is 4.85. The average Bonchev–Trinajstić information content (AvgIpc) is 3.20. The van der Waals surface area contributed by atoms with E-state index in [1.165, 1.54) is 5.69 Å². The lowest BCUT2D eigenvalue weighted by Gasteiger charge is -2.39. The number of aliphatic hydroxyl groups is 1. The maximum Gasteiger partial charge on any atom is 0.161 e. The molecule has 1 atom stereocenters. The summed E-state index contributed by atoms with van der Waals surface area (Å²) in [6, 6.07) is 16.6. The Morgan fingerprint density at radius 3 is 2.39 bits per heavy atom. The van der Waals surface area contributed by atoms with E-state index >= 15 is 0 Å². The van der Waals surface area contributed by atoms with Crippen LogP contribution in [-0.4, -0.2) is 93.8 Å². The van der Waals surface area contributed by atoms with Crippen molar-refractivity contribution >= 4 is 5.69 Å². The monoisotopic (exact) mass is 455 g/mol. The minimum Gasteiger partial charge on any atom is -0.493 e. The van der Waals surface area contributed by atoms with E-state index < -0.39 is 5.60 Å². The van der Waals surface area contributed by atoms with Gasteiger partial charge in [0.1, 0.15) is 6.61 Å². The van der Waals surface area contributed by atoms with Crippen LogP contribution in [0.1, 0.15) is 12.0 Å². The number of nitrogens with zero attached hydrogens (tertiary/aromatic N) is 3. The number of rotatable bonds is 10. The van der Waals surface area contributed by atoms with E-state index in [1.54, 1.807) is 14.2 Å². The van der Waals surface area contributed by atoms with Gasteiger partial charge in [-0.15, -0.1) is 0 Å². The van der Waals surface area contributed by atoms with Crippen LogP contribution in [0, 0.1) is 0 Å². The molecule has 7 heteroatoms. The lowest BCUT2D eigenvalue weighted by atomic mass is 10.0. The smallest absolute Gasteiger partial charge is 0.161 e. The van der Waals surface area contributed by atoms with Gasteiger partial charge in [0.2, 0.25) is 0 Å². The summed E-state index contributed by atoms with van der Waals surface area (Å²) in [6.07, 6.45) is 0.805. The van der Waals surface area contributed by atoms with Gasteiger partial charge in [-0.25, -0.2) is 0 Å². The number of hydrogen-bond acceptors (Lipinski definition) is 7. The molecule has 2 aliphatic heterocycles. The van der Waals surface area contributed by atoms with Crippen LogP contribution in [0.5, 0.6) is 11.5 Å². The highest BCUT2D eigenvalue weighted by molar-refractivity contribution is 5.46. The molecule has 7 nitrogen and oxygen atoms in total. The molecule has 0 radical (unpaired) electrons. The first-order chi connectivity index (χ1) is 16.1. The summed E-state index contributed by atoms with van der Waals surface area (Å²) in [5, 5.41) is 11.3. The zero-order chi connectivity index (χ0) is 23.1. The predicted octanol–water partition coefficient (Wildman–Crippen LogP) is 2.48. The van der Waals surface area contributed by atoms with Gasteiger partial charge in [-0.05, 0) is 36.2 Å². The van der Waals surface area contributed by atoms with Crippen molar-refractivity contribution in [3.63, 3.8) is 0 Å². The quantitative estimate of drug-likeness (QED) is 0.553. The first kappa shape index (κ1) is 23.8. The van der Waals surface area contributed by atoms with Crippen molar-refractivity contribution in [3.05, 3.63) is 54.1 Å². The van der Waals surface area contributed by atoms with Crippen molar-refractivity contribution in [1.29, 1.82) is 0 Å². The van der Waals surface area contributed by atoms with Gasteiger partial charge >= 0.3 is 0 Å². The third-order valence-electron chi connectivity index (χ3n) is 6.60. The normalized spacial score (nSPS) is 22.0. The Morgan fingerprint density at radius 1 is 0.879 bits per heavy atom. The molecule has 0 saturated carbocycles. The molecule has 0 amide bonds. The summed E-state index contributed by atoms with van der Waals surface area (Å²) in [5.41, 5.74) is 1.79. The molecule has 2 aromatic carbocycles. The average molecular weight is 456 g/mol. The van der Waals surface area contributed by atoms with Gasteiger partial charge in [-0.1, -0.05) is 24.3 Å². The molecule has 4 rings (SSSR count). The highest BCUT2D eigenvalue weighted by Gasteiger charge is 2.38. The molecule has 0 aliphatic carbocycles. The third kappa shape index (κ3) is 6.38. The third-order valence-corrected chi connectivity index (χ3v) is 6.60. The number of hydrogen-bond donors (Lipinski definition) is 1. The highest BCUT2D eigenvalue weighted by atomic mass is 16.5. The van der Waals surface area contributed by atoms with Crippen molar-refractivity contribution in [2.24, 2.45) is 0 Å². The molecular weight excluding hydrogens is 418 g/mol. The Bertz CT molecular complexity index is 873. The Labute approximate surface area is 197 Å². The van der Waals surface area contributed by atoms with Crippen molar-refractivity contribution in [1.82, 2.24) is 9.80 Å². The molecule has 2 aliphatic rings. The van der Waals surface area contributed by atoms with E-state index in [9.17, 15) is 5.11 Å². The number of anilines is 1. The minimum absolute atomic E-state index is 0.483. The molecule has 180 valence electrons. The fraction of sp³-hybridized carbons (Fsp3) is 0.538. The van der Waals surface area contributed by atoms with Crippen LogP contribution in [0.2, 0.25) is 0 Å². The van der Waals surface area contributed by atoms with Gasteiger partial charge in [0.15, 0.2) is 11.5 Å². The Kier molecular flexibility index (Phi) is 8.09. The molecule has 33 heavy (non-hydrogen) atoms. The second-order valence-electron chi connectivity index (χ2n) is 9.11. The molecule has 0 aromatic heterocycles. The minimum atomic E-state index is -0.654. The molecule has 2 aromatic rings. The van der Waals surface area contributed by atoms with Crippen molar-refractivity contribution in [2.75, 3.05) is 78.1 Å². The molecule has 1 N–H and O–H groups in total. The largest absolute Gasteiger partial charge is 0.493 e. The van der Waals surface area contributed by atoms with E-state index in [-0.39, 0.29) is 0 Å². The Hall–Kier alpha value is -2.32. The summed E-state index contributed by atoms with van der Waals surface area (Å²) in [6.45, 7) is 8.10. The second kappa shape index (κ2) is 11.2. The zero-order valence-corrected chi connectivity index (χ0v) is 19.9. The number of likely N-dealkylation sites (tertiary alicyclic amines) is 1. The van der Waals surface area contributed by atoms with Crippen molar-refractivity contribution < 1.29 is 19.3 Å². The first-order valence-electron chi connectivity index (χ1n) is 11.8. The summed E-state index contributed by atoms with van der Waals surface area (Å²) in [7, 11) is 3.31. The van der Waals surface area contributed by atoms with Gasteiger partial charge in [-0.3, -0.25) is 9.80 Å². The van der Waals surface area contributed by atoms with Crippen LogP contribution < -0.4 is 14.4 Å². The summed E-state index contributed by atoms with van der Waals surface area (Å²) in [5.74, 6) is 1.46. The molecule has 0 bridgehead atoms. The van der Waals surface area contributed by atoms with Crippen LogP contribution in [0.3, 0.4) is 0 Å².